The molecule has 1 amide bonds. The smallest absolute Gasteiger partial charge is 0.267 e. The molecule has 27 heavy (non-hydrogen) atoms. The summed E-state index contributed by atoms with van der Waals surface area (Å²) in [5.41, 5.74) is 7.14. The number of para-hydroxylation sites is 1. The van der Waals surface area contributed by atoms with Gasteiger partial charge in [0.15, 0.2) is 0 Å². The number of rotatable bonds is 7. The second kappa shape index (κ2) is 10.2. The second-order valence-electron chi connectivity index (χ2n) is 6.17. The molecule has 136 valence electrons. The molecule has 0 saturated heterocycles. The SMILES string of the molecule is Cc1[n-]c2ccccc2c1CCNCc1ccc(/C=C/C(=O)NO)cc1.[Zn]. The summed E-state index contributed by atoms with van der Waals surface area (Å²) in [4.78, 5) is 15.6. The molecule has 5 nitrogen and oxygen atoms in total. The van der Waals surface area contributed by atoms with Crippen molar-refractivity contribution in [3.8, 4) is 0 Å². The third-order valence-electron chi connectivity index (χ3n) is 4.35. The zero-order valence-corrected chi connectivity index (χ0v) is 18.4. The molecule has 0 aliphatic carbocycles. The summed E-state index contributed by atoms with van der Waals surface area (Å²) in [6.45, 7) is 3.74. The fourth-order valence-electron chi connectivity index (χ4n) is 2.99. The Morgan fingerprint density at radius 1 is 1.15 bits per heavy atom. The first-order valence-corrected chi connectivity index (χ1v) is 8.60. The van der Waals surface area contributed by atoms with Crippen LogP contribution in [0.1, 0.15) is 22.4 Å². The predicted octanol–water partition coefficient (Wildman–Crippen LogP) is 2.95. The molecule has 0 spiro atoms. The van der Waals surface area contributed by atoms with Crippen LogP contribution in [-0.4, -0.2) is 17.7 Å². The van der Waals surface area contributed by atoms with Crippen molar-refractivity contribution in [2.75, 3.05) is 6.54 Å². The molecular weight excluding hydrogens is 392 g/mol. The van der Waals surface area contributed by atoms with Crippen LogP contribution in [0.3, 0.4) is 0 Å². The molecule has 0 saturated carbocycles. The van der Waals surface area contributed by atoms with Gasteiger partial charge in [-0.2, -0.15) is 5.69 Å². The molecule has 0 radical (unpaired) electrons. The maximum absolute atomic E-state index is 11.0. The largest absolute Gasteiger partial charge is 0.661 e. The standard InChI is InChI=1S/C21H22N3O2.Zn/c1-15-18(19-4-2-3-5-20(19)23-15)12-13-22-14-17-8-6-16(7-9-17)10-11-21(25)24-26;/h2-11,22,26H,12-14H2,1H3,(H,24,25);/q-1;/b11-10+;. The van der Waals surface area contributed by atoms with Crippen LogP contribution in [0.2, 0.25) is 0 Å². The van der Waals surface area contributed by atoms with E-state index in [2.05, 4.69) is 35.4 Å². The molecule has 0 unspecified atom stereocenters. The number of nitrogens with one attached hydrogen (secondary N) is 2. The van der Waals surface area contributed by atoms with Crippen LogP contribution >= 0.6 is 0 Å². The van der Waals surface area contributed by atoms with Crippen LogP contribution in [0.25, 0.3) is 17.0 Å². The van der Waals surface area contributed by atoms with E-state index in [1.165, 1.54) is 22.6 Å². The van der Waals surface area contributed by atoms with Crippen LogP contribution in [0.5, 0.6) is 0 Å². The normalized spacial score (nSPS) is 10.9. The topological polar surface area (TPSA) is 75.5 Å². The molecule has 0 aliphatic heterocycles. The molecule has 1 heterocycles. The summed E-state index contributed by atoms with van der Waals surface area (Å²) in [5.74, 6) is -0.541. The predicted molar refractivity (Wildman–Crippen MR) is 103 cm³/mol. The first-order valence-electron chi connectivity index (χ1n) is 8.60. The number of nitrogens with zero attached hydrogens (tertiary/aromatic N) is 1. The number of aryl methyl sites for hydroxylation is 1. The van der Waals surface area contributed by atoms with Gasteiger partial charge in [0.2, 0.25) is 0 Å². The van der Waals surface area contributed by atoms with Crippen LogP contribution in [0.15, 0.2) is 54.6 Å². The van der Waals surface area contributed by atoms with Gasteiger partial charge in [-0.15, -0.1) is 5.52 Å². The third kappa shape index (κ3) is 5.60. The van der Waals surface area contributed by atoms with Gasteiger partial charge < -0.3 is 10.3 Å². The maximum atomic E-state index is 11.0. The number of carbonyl (C=O) groups is 1. The number of amides is 1. The Labute approximate surface area is 171 Å². The first kappa shape index (κ1) is 21.0. The fourth-order valence-corrected chi connectivity index (χ4v) is 2.99. The van der Waals surface area contributed by atoms with Crippen molar-refractivity contribution in [1.29, 1.82) is 0 Å². The van der Waals surface area contributed by atoms with Gasteiger partial charge in [-0.25, -0.2) is 5.48 Å². The van der Waals surface area contributed by atoms with Crippen molar-refractivity contribution < 1.29 is 29.5 Å². The molecule has 1 aromatic heterocycles. The van der Waals surface area contributed by atoms with Gasteiger partial charge in [-0.3, -0.25) is 10.0 Å². The van der Waals surface area contributed by atoms with Gasteiger partial charge in [-0.1, -0.05) is 61.0 Å². The summed E-state index contributed by atoms with van der Waals surface area (Å²) >= 11 is 0. The fraction of sp³-hybridized carbons (Fsp3) is 0.190. The molecule has 3 aromatic rings. The van der Waals surface area contributed by atoms with Crippen molar-refractivity contribution in [2.24, 2.45) is 0 Å². The Morgan fingerprint density at radius 3 is 2.63 bits per heavy atom. The van der Waals surface area contributed by atoms with Crippen LogP contribution in [0, 0.1) is 6.92 Å². The minimum Gasteiger partial charge on any atom is -0.661 e. The van der Waals surface area contributed by atoms with Gasteiger partial charge in [0.25, 0.3) is 5.91 Å². The van der Waals surface area contributed by atoms with Crippen molar-refractivity contribution in [2.45, 2.75) is 19.9 Å². The van der Waals surface area contributed by atoms with E-state index in [1.807, 2.05) is 30.3 Å². The minimum absolute atomic E-state index is 0. The number of benzene rings is 2. The quantitative estimate of drug-likeness (QED) is 0.183. The first-order chi connectivity index (χ1) is 12.7. The molecule has 3 rings (SSSR count). The summed E-state index contributed by atoms with van der Waals surface area (Å²) in [6, 6.07) is 16.2. The van der Waals surface area contributed by atoms with Crippen LogP contribution < -0.4 is 15.8 Å². The number of hydrogen-bond donors (Lipinski definition) is 3. The summed E-state index contributed by atoms with van der Waals surface area (Å²) < 4.78 is 0. The summed E-state index contributed by atoms with van der Waals surface area (Å²) in [7, 11) is 0. The van der Waals surface area contributed by atoms with E-state index in [4.69, 9.17) is 5.21 Å². The monoisotopic (exact) mass is 412 g/mol. The van der Waals surface area contributed by atoms with E-state index >= 15 is 0 Å². The Hall–Kier alpha value is -2.27. The van der Waals surface area contributed by atoms with Gasteiger partial charge >= 0.3 is 0 Å². The Morgan fingerprint density at radius 2 is 1.89 bits per heavy atom. The Kier molecular flexibility index (Phi) is 7.92. The molecule has 0 fully saturated rings. The summed E-state index contributed by atoms with van der Waals surface area (Å²) in [6.07, 6.45) is 3.89. The molecule has 0 atom stereocenters. The van der Waals surface area contributed by atoms with E-state index in [1.54, 1.807) is 11.6 Å². The molecule has 0 aliphatic rings. The average Bonchev–Trinajstić information content (AvgIpc) is 2.99. The van der Waals surface area contributed by atoms with E-state index in [-0.39, 0.29) is 19.5 Å². The average molecular weight is 414 g/mol. The number of hydrogen-bond acceptors (Lipinski definition) is 3. The zero-order chi connectivity index (χ0) is 18.4. The van der Waals surface area contributed by atoms with E-state index < -0.39 is 5.91 Å². The van der Waals surface area contributed by atoms with Crippen molar-refractivity contribution in [3.63, 3.8) is 0 Å². The van der Waals surface area contributed by atoms with Gasteiger partial charge in [-0.05, 0) is 35.6 Å². The molecule has 3 N–H and O–H groups in total. The Bertz CT molecular complexity index is 917. The second-order valence-corrected chi connectivity index (χ2v) is 6.17. The molecule has 0 bridgehead atoms. The number of aromatic nitrogens is 1. The van der Waals surface area contributed by atoms with E-state index in [0.717, 1.165) is 36.3 Å². The number of carbonyl (C=O) groups excluding carboxylic acids is 1. The van der Waals surface area contributed by atoms with Gasteiger partial charge in [0.05, 0.1) is 0 Å². The molecule has 6 heteroatoms. The van der Waals surface area contributed by atoms with Crippen molar-refractivity contribution >= 4 is 22.9 Å². The number of hydroxylamine groups is 1. The van der Waals surface area contributed by atoms with Crippen molar-refractivity contribution in [3.05, 3.63) is 77.0 Å². The van der Waals surface area contributed by atoms with Crippen LogP contribution in [-0.2, 0) is 37.2 Å². The zero-order valence-electron chi connectivity index (χ0n) is 15.4. The minimum atomic E-state index is -0.541. The van der Waals surface area contributed by atoms with E-state index in [9.17, 15) is 4.79 Å². The van der Waals surface area contributed by atoms with Crippen molar-refractivity contribution in [1.82, 2.24) is 15.8 Å². The third-order valence-corrected chi connectivity index (χ3v) is 4.35. The maximum Gasteiger partial charge on any atom is 0.267 e. The van der Waals surface area contributed by atoms with E-state index in [0.29, 0.717) is 0 Å². The molecule has 2 aromatic carbocycles. The number of fused-ring (bicyclic) bond motifs is 1. The summed E-state index contributed by atoms with van der Waals surface area (Å²) in [5, 5.41) is 13.2. The van der Waals surface area contributed by atoms with Crippen LogP contribution in [0.4, 0.5) is 0 Å². The molecular formula is C21H22N3O2Zn-. The van der Waals surface area contributed by atoms with Gasteiger partial charge in [0, 0.05) is 32.1 Å². The van der Waals surface area contributed by atoms with Gasteiger partial charge in [0.1, 0.15) is 0 Å². The Balaban J connectivity index is 0.00000261.